The summed E-state index contributed by atoms with van der Waals surface area (Å²) in [6.07, 6.45) is 4.56. The third kappa shape index (κ3) is 2.00. The van der Waals surface area contributed by atoms with Gasteiger partial charge >= 0.3 is 0 Å². The lowest BCUT2D eigenvalue weighted by molar-refractivity contribution is -0.164. The molecule has 0 radical (unpaired) electrons. The van der Waals surface area contributed by atoms with Gasteiger partial charge in [0.25, 0.3) is 0 Å². The third-order valence-corrected chi connectivity index (χ3v) is 4.34. The second-order valence-corrected chi connectivity index (χ2v) is 5.75. The minimum atomic E-state index is -0.463. The van der Waals surface area contributed by atoms with Crippen molar-refractivity contribution in [2.24, 2.45) is 0 Å². The highest BCUT2D eigenvalue weighted by molar-refractivity contribution is 5.25. The van der Waals surface area contributed by atoms with E-state index < -0.39 is 5.60 Å². The Balaban J connectivity index is 1.70. The monoisotopic (exact) mass is 231 g/mol. The summed E-state index contributed by atoms with van der Waals surface area (Å²) in [4.78, 5) is 2.44. The van der Waals surface area contributed by atoms with Gasteiger partial charge in [0.15, 0.2) is 0 Å². The van der Waals surface area contributed by atoms with E-state index in [0.717, 1.165) is 13.0 Å². The smallest absolute Gasteiger partial charge is 0.0968 e. The molecule has 0 spiro atoms. The van der Waals surface area contributed by atoms with Crippen LogP contribution in [0, 0.1) is 6.92 Å². The molecule has 0 unspecified atom stereocenters. The molecule has 0 bridgehead atoms. The molecule has 0 aromatic heterocycles. The highest BCUT2D eigenvalue weighted by Gasteiger charge is 2.51. The van der Waals surface area contributed by atoms with Crippen LogP contribution in [0.3, 0.4) is 0 Å². The Bertz CT molecular complexity index is 400. The number of hydrogen-bond donors (Lipinski definition) is 1. The van der Waals surface area contributed by atoms with Crippen molar-refractivity contribution in [3.63, 3.8) is 0 Å². The quantitative estimate of drug-likeness (QED) is 0.843. The Labute approximate surface area is 103 Å². The normalized spacial score (nSPS) is 32.9. The lowest BCUT2D eigenvalue weighted by Crippen LogP contribution is -2.71. The van der Waals surface area contributed by atoms with Crippen LogP contribution in [0.4, 0.5) is 0 Å². The van der Waals surface area contributed by atoms with Crippen molar-refractivity contribution in [2.45, 2.75) is 44.2 Å². The van der Waals surface area contributed by atoms with Crippen LogP contribution in [-0.4, -0.2) is 34.7 Å². The topological polar surface area (TPSA) is 23.5 Å². The number of benzene rings is 1. The van der Waals surface area contributed by atoms with Crippen LogP contribution in [0.5, 0.6) is 0 Å². The summed E-state index contributed by atoms with van der Waals surface area (Å²) in [5.74, 6) is 0. The molecule has 2 nitrogen and oxygen atoms in total. The first-order valence-corrected chi connectivity index (χ1v) is 6.69. The maximum atomic E-state index is 10.7. The lowest BCUT2D eigenvalue weighted by atomic mass is 9.74. The van der Waals surface area contributed by atoms with E-state index in [9.17, 15) is 5.11 Å². The van der Waals surface area contributed by atoms with Crippen LogP contribution in [0.1, 0.15) is 30.4 Å². The van der Waals surface area contributed by atoms with E-state index >= 15 is 0 Å². The summed E-state index contributed by atoms with van der Waals surface area (Å²) in [7, 11) is 0. The molecule has 17 heavy (non-hydrogen) atoms. The Kier molecular flexibility index (Phi) is 2.72. The van der Waals surface area contributed by atoms with Crippen LogP contribution in [0.2, 0.25) is 0 Å². The molecule has 1 aromatic carbocycles. The number of rotatable bonds is 2. The van der Waals surface area contributed by atoms with Crippen LogP contribution >= 0.6 is 0 Å². The highest BCUT2D eigenvalue weighted by Crippen LogP contribution is 2.38. The van der Waals surface area contributed by atoms with Gasteiger partial charge in [-0.15, -0.1) is 0 Å². The zero-order valence-corrected chi connectivity index (χ0v) is 10.5. The van der Waals surface area contributed by atoms with Gasteiger partial charge < -0.3 is 5.11 Å². The van der Waals surface area contributed by atoms with Gasteiger partial charge in [-0.25, -0.2) is 0 Å². The summed E-state index contributed by atoms with van der Waals surface area (Å²) in [6, 6.07) is 8.99. The van der Waals surface area contributed by atoms with Crippen molar-refractivity contribution in [1.82, 2.24) is 4.90 Å². The van der Waals surface area contributed by atoms with Crippen molar-refractivity contribution in [3.05, 3.63) is 35.4 Å². The standard InChI is InChI=1S/C15H21NO/c1-12-5-7-13(8-6-12)10-15(17)11-16-9-3-2-4-14(15)16/h5-8,14,17H,2-4,9-11H2,1H3/t14-,15-/m1/s1. The van der Waals surface area contributed by atoms with Crippen LogP contribution in [0.25, 0.3) is 0 Å². The predicted octanol–water partition coefficient (Wildman–Crippen LogP) is 2.14. The maximum Gasteiger partial charge on any atom is 0.0968 e. The van der Waals surface area contributed by atoms with Gasteiger partial charge in [-0.05, 0) is 31.9 Å². The molecule has 2 heteroatoms. The summed E-state index contributed by atoms with van der Waals surface area (Å²) >= 11 is 0. The first-order chi connectivity index (χ1) is 8.17. The Morgan fingerprint density at radius 1 is 1.29 bits per heavy atom. The molecule has 1 aromatic rings. The number of piperidine rings is 1. The van der Waals surface area contributed by atoms with Gasteiger partial charge in [-0.1, -0.05) is 36.2 Å². The number of fused-ring (bicyclic) bond motifs is 1. The molecule has 2 aliphatic rings. The van der Waals surface area contributed by atoms with E-state index in [0.29, 0.717) is 6.04 Å². The third-order valence-electron chi connectivity index (χ3n) is 4.34. The Morgan fingerprint density at radius 3 is 2.76 bits per heavy atom. The lowest BCUT2D eigenvalue weighted by Gasteiger charge is -2.57. The number of aryl methyl sites for hydroxylation is 1. The van der Waals surface area contributed by atoms with Crippen molar-refractivity contribution in [2.75, 3.05) is 13.1 Å². The van der Waals surface area contributed by atoms with E-state index in [1.54, 1.807) is 0 Å². The number of nitrogens with zero attached hydrogens (tertiary/aromatic N) is 1. The summed E-state index contributed by atoms with van der Waals surface area (Å²) in [5.41, 5.74) is 2.09. The minimum absolute atomic E-state index is 0.414. The van der Waals surface area contributed by atoms with Gasteiger partial charge in [-0.3, -0.25) is 4.90 Å². The van der Waals surface area contributed by atoms with Crippen molar-refractivity contribution in [3.8, 4) is 0 Å². The zero-order valence-electron chi connectivity index (χ0n) is 10.5. The fraction of sp³-hybridized carbons (Fsp3) is 0.600. The molecule has 2 saturated heterocycles. The number of aliphatic hydroxyl groups is 1. The molecule has 92 valence electrons. The largest absolute Gasteiger partial charge is 0.387 e. The van der Waals surface area contributed by atoms with Crippen molar-refractivity contribution < 1.29 is 5.11 Å². The summed E-state index contributed by atoms with van der Waals surface area (Å²) in [5, 5.41) is 10.7. The van der Waals surface area contributed by atoms with Gasteiger partial charge in [0.1, 0.15) is 0 Å². The zero-order chi connectivity index (χ0) is 11.9. The van der Waals surface area contributed by atoms with Crippen LogP contribution in [-0.2, 0) is 6.42 Å². The van der Waals surface area contributed by atoms with Crippen molar-refractivity contribution >= 4 is 0 Å². The summed E-state index contributed by atoms with van der Waals surface area (Å²) < 4.78 is 0. The SMILES string of the molecule is Cc1ccc(C[C@@]2(O)CN3CCCC[C@@H]32)cc1. The van der Waals surface area contributed by atoms with Gasteiger partial charge in [-0.2, -0.15) is 0 Å². The molecule has 0 amide bonds. The van der Waals surface area contributed by atoms with Gasteiger partial charge in [0, 0.05) is 19.0 Å². The van der Waals surface area contributed by atoms with E-state index in [2.05, 4.69) is 36.1 Å². The fourth-order valence-electron chi connectivity index (χ4n) is 3.37. The van der Waals surface area contributed by atoms with Crippen LogP contribution < -0.4 is 0 Å². The van der Waals surface area contributed by atoms with Crippen LogP contribution in [0.15, 0.2) is 24.3 Å². The molecule has 2 fully saturated rings. The second-order valence-electron chi connectivity index (χ2n) is 5.75. The molecule has 0 saturated carbocycles. The molecule has 2 aliphatic heterocycles. The maximum absolute atomic E-state index is 10.7. The fourth-order valence-corrected chi connectivity index (χ4v) is 3.37. The van der Waals surface area contributed by atoms with E-state index in [1.807, 2.05) is 0 Å². The molecular formula is C15H21NO. The van der Waals surface area contributed by atoms with E-state index in [4.69, 9.17) is 0 Å². The highest BCUT2D eigenvalue weighted by atomic mass is 16.3. The van der Waals surface area contributed by atoms with Gasteiger partial charge in [0.05, 0.1) is 5.60 Å². The van der Waals surface area contributed by atoms with Gasteiger partial charge in [0.2, 0.25) is 0 Å². The Hall–Kier alpha value is -0.860. The van der Waals surface area contributed by atoms with E-state index in [1.165, 1.54) is 36.9 Å². The Morgan fingerprint density at radius 2 is 2.06 bits per heavy atom. The van der Waals surface area contributed by atoms with E-state index in [-0.39, 0.29) is 0 Å². The summed E-state index contributed by atoms with van der Waals surface area (Å²) in [6.45, 7) is 4.15. The second kappa shape index (κ2) is 4.11. The first kappa shape index (κ1) is 11.2. The minimum Gasteiger partial charge on any atom is -0.387 e. The average Bonchev–Trinajstić information content (AvgIpc) is 2.31. The molecule has 2 atom stereocenters. The predicted molar refractivity (Wildman–Crippen MR) is 69.0 cm³/mol. The average molecular weight is 231 g/mol. The number of hydrogen-bond acceptors (Lipinski definition) is 2. The molecular weight excluding hydrogens is 210 g/mol. The molecule has 1 N–H and O–H groups in total. The first-order valence-electron chi connectivity index (χ1n) is 6.69. The molecule has 0 aliphatic carbocycles. The molecule has 2 heterocycles. The van der Waals surface area contributed by atoms with Crippen molar-refractivity contribution in [1.29, 1.82) is 0 Å². The molecule has 3 rings (SSSR count).